The normalized spacial score (nSPS) is 17.2. The molecule has 1 atom stereocenters. The van der Waals surface area contributed by atoms with Crippen LogP contribution in [0.15, 0.2) is 36.4 Å². The van der Waals surface area contributed by atoms with Gasteiger partial charge in [0.25, 0.3) is 5.91 Å². The number of hydrogen-bond acceptors (Lipinski definition) is 5. The van der Waals surface area contributed by atoms with Gasteiger partial charge in [-0.15, -0.1) is 0 Å². The maximum Gasteiger partial charge on any atom is 0.256 e. The number of para-hydroxylation sites is 1. The number of aromatic nitrogens is 2. The van der Waals surface area contributed by atoms with E-state index in [4.69, 9.17) is 14.5 Å². The van der Waals surface area contributed by atoms with E-state index in [2.05, 4.69) is 11.4 Å². The van der Waals surface area contributed by atoms with Crippen molar-refractivity contribution in [1.29, 1.82) is 0 Å². The molecule has 5 rings (SSSR count). The van der Waals surface area contributed by atoms with E-state index in [9.17, 15) is 9.59 Å². The van der Waals surface area contributed by atoms with Gasteiger partial charge in [-0.1, -0.05) is 24.6 Å². The third kappa shape index (κ3) is 4.14. The van der Waals surface area contributed by atoms with Crippen LogP contribution in [-0.4, -0.2) is 59.7 Å². The zero-order valence-corrected chi connectivity index (χ0v) is 19.8. The monoisotopic (exact) mass is 462 g/mol. The van der Waals surface area contributed by atoms with Crippen molar-refractivity contribution in [3.05, 3.63) is 53.3 Å². The first-order valence-electron chi connectivity index (χ1n) is 11.7. The second-order valence-corrected chi connectivity index (χ2v) is 9.27. The Morgan fingerprint density at radius 3 is 2.76 bits per heavy atom. The molecule has 0 saturated heterocycles. The van der Waals surface area contributed by atoms with Crippen LogP contribution in [0, 0.1) is 0 Å². The zero-order valence-electron chi connectivity index (χ0n) is 19.8. The van der Waals surface area contributed by atoms with E-state index in [0.29, 0.717) is 29.2 Å². The molecule has 1 aliphatic carbocycles. The zero-order chi connectivity index (χ0) is 23.8. The molecule has 1 aromatic heterocycles. The Kier molecular flexibility index (Phi) is 6.00. The average Bonchev–Trinajstić information content (AvgIpc) is 3.32. The molecule has 0 spiro atoms. The van der Waals surface area contributed by atoms with E-state index in [1.54, 1.807) is 18.0 Å². The number of hydrogen-bond donors (Lipinski definition) is 1. The number of imidazole rings is 1. The van der Waals surface area contributed by atoms with Crippen molar-refractivity contribution in [1.82, 2.24) is 14.5 Å². The van der Waals surface area contributed by atoms with Gasteiger partial charge < -0.3 is 24.3 Å². The minimum absolute atomic E-state index is 0.0592. The van der Waals surface area contributed by atoms with Gasteiger partial charge in [0.2, 0.25) is 5.91 Å². The fraction of sp³-hybridized carbons (Fsp3) is 0.423. The van der Waals surface area contributed by atoms with Crippen molar-refractivity contribution in [3.63, 3.8) is 0 Å². The molecule has 1 aliphatic heterocycles. The quantitative estimate of drug-likeness (QED) is 0.581. The molecule has 3 aromatic rings. The number of anilines is 1. The summed E-state index contributed by atoms with van der Waals surface area (Å²) >= 11 is 0. The molecule has 2 heterocycles. The summed E-state index contributed by atoms with van der Waals surface area (Å²) in [6.45, 7) is 0.402. The first-order chi connectivity index (χ1) is 16.4. The van der Waals surface area contributed by atoms with Crippen molar-refractivity contribution < 1.29 is 19.1 Å². The van der Waals surface area contributed by atoms with Gasteiger partial charge in [0.05, 0.1) is 23.1 Å². The van der Waals surface area contributed by atoms with Gasteiger partial charge in [0.1, 0.15) is 24.3 Å². The number of methoxy groups -OCH3 is 1. The Labute approximate surface area is 198 Å². The number of ether oxygens (including phenoxy) is 2. The molecule has 0 unspecified atom stereocenters. The molecule has 1 saturated carbocycles. The third-order valence-electron chi connectivity index (χ3n) is 6.80. The lowest BCUT2D eigenvalue weighted by atomic mass is 9.85. The molecule has 8 heteroatoms. The van der Waals surface area contributed by atoms with Crippen LogP contribution >= 0.6 is 0 Å². The molecular weight excluding hydrogens is 432 g/mol. The van der Waals surface area contributed by atoms with Gasteiger partial charge >= 0.3 is 0 Å². The molecule has 2 amide bonds. The lowest BCUT2D eigenvalue weighted by molar-refractivity contribution is -0.119. The second-order valence-electron chi connectivity index (χ2n) is 9.27. The van der Waals surface area contributed by atoms with E-state index in [-0.39, 0.29) is 24.5 Å². The summed E-state index contributed by atoms with van der Waals surface area (Å²) in [5.74, 6) is 1.88. The molecular formula is C26H30N4O4. The molecule has 1 N–H and O–H groups in total. The number of benzene rings is 2. The minimum Gasteiger partial charge on any atom is -0.488 e. The maximum absolute atomic E-state index is 13.7. The van der Waals surface area contributed by atoms with Crippen molar-refractivity contribution in [2.24, 2.45) is 7.05 Å². The smallest absolute Gasteiger partial charge is 0.256 e. The van der Waals surface area contributed by atoms with Gasteiger partial charge in [-0.3, -0.25) is 9.59 Å². The molecule has 34 heavy (non-hydrogen) atoms. The summed E-state index contributed by atoms with van der Waals surface area (Å²) in [5, 5.41) is 2.83. The lowest BCUT2D eigenvalue weighted by Gasteiger charge is -2.25. The number of carbonyl (C=O) groups is 2. The predicted octanol–water partition coefficient (Wildman–Crippen LogP) is 3.50. The summed E-state index contributed by atoms with van der Waals surface area (Å²) in [6, 6.07) is 11.6. The van der Waals surface area contributed by atoms with E-state index in [1.807, 2.05) is 35.9 Å². The summed E-state index contributed by atoms with van der Waals surface area (Å²) in [7, 11) is 5.24. The number of amides is 2. The van der Waals surface area contributed by atoms with E-state index in [0.717, 1.165) is 41.9 Å². The van der Waals surface area contributed by atoms with Gasteiger partial charge in [-0.25, -0.2) is 4.98 Å². The van der Waals surface area contributed by atoms with E-state index < -0.39 is 0 Å². The molecule has 2 aromatic carbocycles. The van der Waals surface area contributed by atoms with Gasteiger partial charge in [-0.05, 0) is 36.6 Å². The molecule has 2 aliphatic rings. The number of nitrogens with one attached hydrogen (secondary N) is 1. The van der Waals surface area contributed by atoms with Gasteiger partial charge in [0, 0.05) is 39.2 Å². The number of aryl methyl sites for hydroxylation is 1. The number of nitrogens with zero attached hydrogens (tertiary/aromatic N) is 3. The molecule has 0 bridgehead atoms. The molecule has 8 nitrogen and oxygen atoms in total. The molecule has 0 radical (unpaired) electrons. The molecule has 1 fully saturated rings. The van der Waals surface area contributed by atoms with Crippen molar-refractivity contribution in [2.45, 2.75) is 37.7 Å². The Morgan fingerprint density at radius 2 is 2.06 bits per heavy atom. The highest BCUT2D eigenvalue weighted by molar-refractivity contribution is 6.07. The van der Waals surface area contributed by atoms with Crippen LogP contribution in [0.3, 0.4) is 0 Å². The average molecular weight is 463 g/mol. The number of carbonyl (C=O) groups excluding carboxylic acids is 2. The first-order valence-corrected chi connectivity index (χ1v) is 11.7. The Bertz CT molecular complexity index is 1220. The van der Waals surface area contributed by atoms with Crippen LogP contribution in [0.4, 0.5) is 5.69 Å². The number of fused-ring (bicyclic) bond motifs is 2. The predicted molar refractivity (Wildman–Crippen MR) is 129 cm³/mol. The van der Waals surface area contributed by atoms with Crippen LogP contribution in [0.1, 0.15) is 46.9 Å². The van der Waals surface area contributed by atoms with Gasteiger partial charge in [0.15, 0.2) is 0 Å². The topological polar surface area (TPSA) is 85.7 Å². The van der Waals surface area contributed by atoms with Crippen molar-refractivity contribution >= 4 is 28.5 Å². The van der Waals surface area contributed by atoms with E-state index in [1.165, 1.54) is 13.5 Å². The molecule has 178 valence electrons. The van der Waals surface area contributed by atoms with Crippen LogP contribution in [-0.2, 0) is 23.0 Å². The van der Waals surface area contributed by atoms with Crippen LogP contribution in [0.25, 0.3) is 11.0 Å². The third-order valence-corrected chi connectivity index (χ3v) is 6.80. The summed E-state index contributed by atoms with van der Waals surface area (Å²) in [5.41, 5.74) is 3.72. The number of likely N-dealkylation sites (N-methyl/N-ethyl adjacent to an activating group) is 1. The van der Waals surface area contributed by atoms with Crippen LogP contribution in [0.5, 0.6) is 5.75 Å². The van der Waals surface area contributed by atoms with Crippen molar-refractivity contribution in [3.8, 4) is 5.75 Å². The summed E-state index contributed by atoms with van der Waals surface area (Å²) in [4.78, 5) is 32.4. The highest BCUT2D eigenvalue weighted by atomic mass is 16.5. The largest absolute Gasteiger partial charge is 0.488 e. The highest BCUT2D eigenvalue weighted by Gasteiger charge is 2.29. The number of rotatable bonds is 7. The Hall–Kier alpha value is -3.39. The van der Waals surface area contributed by atoms with E-state index >= 15 is 0 Å². The second kappa shape index (κ2) is 9.10. The minimum atomic E-state index is -0.277. The highest BCUT2D eigenvalue weighted by Crippen LogP contribution is 2.38. The van der Waals surface area contributed by atoms with Crippen LogP contribution in [0.2, 0.25) is 0 Å². The summed E-state index contributed by atoms with van der Waals surface area (Å²) in [6.07, 6.45) is 4.09. The summed E-state index contributed by atoms with van der Waals surface area (Å²) < 4.78 is 13.0. The van der Waals surface area contributed by atoms with Crippen LogP contribution < -0.4 is 10.1 Å². The Balaban J connectivity index is 1.45. The first kappa shape index (κ1) is 22.4. The SMILES string of the molecule is COCC(=O)Nc1cc(C(=O)N(C)C[C@@H]2Cc3ccccc3O2)c2c(c1)nc(C1CCC1)n2C. The fourth-order valence-corrected chi connectivity index (χ4v) is 4.91. The maximum atomic E-state index is 13.7. The lowest BCUT2D eigenvalue weighted by Crippen LogP contribution is -2.36. The van der Waals surface area contributed by atoms with Gasteiger partial charge in [-0.2, -0.15) is 0 Å². The van der Waals surface area contributed by atoms with Crippen molar-refractivity contribution in [2.75, 3.05) is 32.6 Å². The standard InChI is InChI=1S/C26H30N4O4/c1-29(14-19-11-17-7-4-5-10-22(17)34-19)26(32)20-12-18(27-23(31)15-33-3)13-21-24(20)30(2)25(28-21)16-8-6-9-16/h4-5,7,10,12-13,16,19H,6,8-9,11,14-15H2,1-3H3,(H,27,31)/t19-/m0/s1. The fourth-order valence-electron chi connectivity index (χ4n) is 4.91. The Morgan fingerprint density at radius 1 is 1.26 bits per heavy atom.